The number of para-hydroxylation sites is 1. The van der Waals surface area contributed by atoms with Crippen LogP contribution in [0, 0.1) is 6.92 Å². The van der Waals surface area contributed by atoms with Crippen molar-refractivity contribution in [3.05, 3.63) is 60.6 Å². The van der Waals surface area contributed by atoms with Crippen LogP contribution in [0.25, 0.3) is 10.9 Å². The number of aryl methyl sites for hydroxylation is 1. The van der Waals surface area contributed by atoms with Gasteiger partial charge >= 0.3 is 0 Å². The van der Waals surface area contributed by atoms with E-state index in [-0.39, 0.29) is 11.4 Å². The van der Waals surface area contributed by atoms with Crippen molar-refractivity contribution in [3.8, 4) is 0 Å². The molecule has 0 saturated carbocycles. The molecule has 0 bridgehead atoms. The van der Waals surface area contributed by atoms with Gasteiger partial charge in [-0.3, -0.25) is 9.78 Å². The van der Waals surface area contributed by atoms with E-state index in [4.69, 9.17) is 0 Å². The standard InChI is InChI=1S/C16H15N3O3S/c1-12-9-13-5-2-3-7-15(13)19(12)11-16(20)18-23(21,22)14-6-4-8-17-10-14/h2-10H,11H2,1H3,(H,18,20). The number of sulfonamides is 1. The van der Waals surface area contributed by atoms with Crippen LogP contribution in [0.4, 0.5) is 0 Å². The van der Waals surface area contributed by atoms with Gasteiger partial charge < -0.3 is 4.57 Å². The first-order chi connectivity index (χ1) is 11.0. The summed E-state index contributed by atoms with van der Waals surface area (Å²) in [5, 5.41) is 1.01. The van der Waals surface area contributed by atoms with Crippen molar-refractivity contribution in [3.63, 3.8) is 0 Å². The maximum atomic E-state index is 12.2. The number of amides is 1. The summed E-state index contributed by atoms with van der Waals surface area (Å²) >= 11 is 0. The van der Waals surface area contributed by atoms with Crippen LogP contribution in [0.3, 0.4) is 0 Å². The number of fused-ring (bicyclic) bond motifs is 1. The molecular weight excluding hydrogens is 314 g/mol. The third-order valence-corrected chi connectivity index (χ3v) is 4.87. The maximum Gasteiger partial charge on any atom is 0.265 e. The number of aromatic nitrogens is 2. The fraction of sp³-hybridized carbons (Fsp3) is 0.125. The van der Waals surface area contributed by atoms with E-state index in [1.807, 2.05) is 37.3 Å². The highest BCUT2D eigenvalue weighted by atomic mass is 32.2. The third-order valence-electron chi connectivity index (χ3n) is 3.51. The van der Waals surface area contributed by atoms with Crippen LogP contribution in [0.5, 0.6) is 0 Å². The second kappa shape index (κ2) is 5.85. The number of hydrogen-bond acceptors (Lipinski definition) is 4. The van der Waals surface area contributed by atoms with Crippen molar-refractivity contribution < 1.29 is 13.2 Å². The number of nitrogens with zero attached hydrogens (tertiary/aromatic N) is 2. The van der Waals surface area contributed by atoms with Crippen molar-refractivity contribution in [2.75, 3.05) is 0 Å². The first-order valence-electron chi connectivity index (χ1n) is 6.98. The predicted molar refractivity (Wildman–Crippen MR) is 86.2 cm³/mol. The van der Waals surface area contributed by atoms with E-state index in [2.05, 4.69) is 9.71 Å². The summed E-state index contributed by atoms with van der Waals surface area (Å²) in [4.78, 5) is 15.9. The first-order valence-corrected chi connectivity index (χ1v) is 8.46. The summed E-state index contributed by atoms with van der Waals surface area (Å²) in [7, 11) is -3.90. The zero-order valence-electron chi connectivity index (χ0n) is 12.4. The summed E-state index contributed by atoms with van der Waals surface area (Å²) in [5.41, 5.74) is 1.78. The first kappa shape index (κ1) is 15.2. The number of benzene rings is 1. The maximum absolute atomic E-state index is 12.2. The van der Waals surface area contributed by atoms with Crippen LogP contribution >= 0.6 is 0 Å². The number of hydrogen-bond donors (Lipinski definition) is 1. The van der Waals surface area contributed by atoms with Crippen molar-refractivity contribution in [2.24, 2.45) is 0 Å². The second-order valence-electron chi connectivity index (χ2n) is 5.15. The molecule has 2 aromatic heterocycles. The Kier molecular flexibility index (Phi) is 3.87. The molecule has 0 atom stereocenters. The number of pyridine rings is 1. The Balaban J connectivity index is 1.83. The van der Waals surface area contributed by atoms with Crippen molar-refractivity contribution in [1.82, 2.24) is 14.3 Å². The fourth-order valence-corrected chi connectivity index (χ4v) is 3.39. The van der Waals surface area contributed by atoms with Gasteiger partial charge in [-0.05, 0) is 36.6 Å². The van der Waals surface area contributed by atoms with Crippen LogP contribution in [-0.4, -0.2) is 23.9 Å². The highest BCUT2D eigenvalue weighted by molar-refractivity contribution is 7.90. The van der Waals surface area contributed by atoms with Gasteiger partial charge in [-0.15, -0.1) is 0 Å². The Bertz CT molecular complexity index is 963. The van der Waals surface area contributed by atoms with Gasteiger partial charge in [0.25, 0.3) is 15.9 Å². The summed E-state index contributed by atoms with van der Waals surface area (Å²) in [6.07, 6.45) is 2.67. The Labute approximate surface area is 133 Å². The van der Waals surface area contributed by atoms with Gasteiger partial charge in [-0.1, -0.05) is 18.2 Å². The molecule has 118 valence electrons. The molecule has 0 aliphatic carbocycles. The smallest absolute Gasteiger partial charge is 0.265 e. The normalized spacial score (nSPS) is 11.5. The molecule has 0 unspecified atom stereocenters. The molecule has 3 aromatic rings. The quantitative estimate of drug-likeness (QED) is 0.792. The van der Waals surface area contributed by atoms with E-state index >= 15 is 0 Å². The Hall–Kier alpha value is -2.67. The minimum atomic E-state index is -3.90. The van der Waals surface area contributed by atoms with E-state index in [0.29, 0.717) is 0 Å². The fourth-order valence-electron chi connectivity index (χ4n) is 2.45. The average molecular weight is 329 g/mol. The molecule has 0 spiro atoms. The van der Waals surface area contributed by atoms with Gasteiger partial charge in [0.15, 0.2) is 0 Å². The number of nitrogens with one attached hydrogen (secondary N) is 1. The Morgan fingerprint density at radius 1 is 1.22 bits per heavy atom. The summed E-state index contributed by atoms with van der Waals surface area (Å²) < 4.78 is 28.1. The lowest BCUT2D eigenvalue weighted by atomic mass is 10.2. The molecule has 0 saturated heterocycles. The van der Waals surface area contributed by atoms with E-state index in [0.717, 1.165) is 16.6 Å². The molecule has 3 rings (SSSR count). The number of carbonyl (C=O) groups is 1. The molecule has 0 aliphatic heterocycles. The summed E-state index contributed by atoms with van der Waals surface area (Å²) in [6, 6.07) is 12.5. The number of rotatable bonds is 4. The highest BCUT2D eigenvalue weighted by Crippen LogP contribution is 2.19. The van der Waals surface area contributed by atoms with Gasteiger partial charge in [-0.25, -0.2) is 13.1 Å². The van der Waals surface area contributed by atoms with E-state index < -0.39 is 15.9 Å². The monoisotopic (exact) mass is 329 g/mol. The largest absolute Gasteiger partial charge is 0.335 e. The molecular formula is C16H15N3O3S. The summed E-state index contributed by atoms with van der Waals surface area (Å²) in [5.74, 6) is -0.599. The van der Waals surface area contributed by atoms with Crippen LogP contribution in [0.1, 0.15) is 5.69 Å². The van der Waals surface area contributed by atoms with Crippen LogP contribution in [0.2, 0.25) is 0 Å². The van der Waals surface area contributed by atoms with E-state index in [1.165, 1.54) is 24.5 Å². The molecule has 0 radical (unpaired) electrons. The van der Waals surface area contributed by atoms with E-state index in [1.54, 1.807) is 4.57 Å². The molecule has 2 heterocycles. The molecule has 0 aliphatic rings. The lowest BCUT2D eigenvalue weighted by molar-refractivity contribution is -0.119. The van der Waals surface area contributed by atoms with Gasteiger partial charge in [0.1, 0.15) is 11.4 Å². The highest BCUT2D eigenvalue weighted by Gasteiger charge is 2.18. The second-order valence-corrected chi connectivity index (χ2v) is 6.83. The van der Waals surface area contributed by atoms with Crippen LogP contribution < -0.4 is 4.72 Å². The van der Waals surface area contributed by atoms with Gasteiger partial charge in [0.05, 0.1) is 0 Å². The van der Waals surface area contributed by atoms with Gasteiger partial charge in [-0.2, -0.15) is 0 Å². The van der Waals surface area contributed by atoms with Gasteiger partial charge in [0, 0.05) is 23.6 Å². The molecule has 0 fully saturated rings. The van der Waals surface area contributed by atoms with E-state index in [9.17, 15) is 13.2 Å². The SMILES string of the molecule is Cc1cc2ccccc2n1CC(=O)NS(=O)(=O)c1cccnc1. The summed E-state index contributed by atoms with van der Waals surface area (Å²) in [6.45, 7) is 1.81. The minimum absolute atomic E-state index is 0.0394. The molecule has 7 heteroatoms. The lowest BCUT2D eigenvalue weighted by Gasteiger charge is -2.10. The van der Waals surface area contributed by atoms with Crippen LogP contribution in [-0.2, 0) is 21.4 Å². The Morgan fingerprint density at radius 3 is 2.74 bits per heavy atom. The van der Waals surface area contributed by atoms with Crippen molar-refractivity contribution in [1.29, 1.82) is 0 Å². The Morgan fingerprint density at radius 2 is 2.00 bits per heavy atom. The number of carbonyl (C=O) groups excluding carboxylic acids is 1. The minimum Gasteiger partial charge on any atom is -0.335 e. The van der Waals surface area contributed by atoms with Crippen molar-refractivity contribution in [2.45, 2.75) is 18.4 Å². The van der Waals surface area contributed by atoms with Gasteiger partial charge in [0.2, 0.25) is 0 Å². The van der Waals surface area contributed by atoms with Crippen LogP contribution in [0.15, 0.2) is 59.8 Å². The topological polar surface area (TPSA) is 81.1 Å². The van der Waals surface area contributed by atoms with Crippen molar-refractivity contribution >= 4 is 26.8 Å². The molecule has 1 amide bonds. The molecule has 1 N–H and O–H groups in total. The average Bonchev–Trinajstić information content (AvgIpc) is 2.84. The molecule has 1 aromatic carbocycles. The molecule has 6 nitrogen and oxygen atoms in total. The zero-order chi connectivity index (χ0) is 16.4. The predicted octanol–water partition coefficient (Wildman–Crippen LogP) is 1.85. The lowest BCUT2D eigenvalue weighted by Crippen LogP contribution is -2.33. The molecule has 23 heavy (non-hydrogen) atoms. The zero-order valence-corrected chi connectivity index (χ0v) is 13.2. The third kappa shape index (κ3) is 3.09.